The second kappa shape index (κ2) is 6.57. The van der Waals surface area contributed by atoms with Gasteiger partial charge in [0.1, 0.15) is 0 Å². The zero-order chi connectivity index (χ0) is 14.7. The van der Waals surface area contributed by atoms with Gasteiger partial charge in [-0.2, -0.15) is 0 Å². The predicted molar refractivity (Wildman–Crippen MR) is 74.1 cm³/mol. The maximum absolute atomic E-state index is 12.7. The fourth-order valence-electron chi connectivity index (χ4n) is 3.79. The number of piperidine rings is 1. The van der Waals surface area contributed by atoms with Crippen molar-refractivity contribution in [2.75, 3.05) is 13.2 Å². The summed E-state index contributed by atoms with van der Waals surface area (Å²) in [4.78, 5) is 25.9. The molecule has 4 atom stereocenters. The summed E-state index contributed by atoms with van der Waals surface area (Å²) >= 11 is 0. The molecular formula is C15H25NO4. The van der Waals surface area contributed by atoms with Crippen molar-refractivity contribution in [2.24, 2.45) is 17.8 Å². The quantitative estimate of drug-likeness (QED) is 0.819. The van der Waals surface area contributed by atoms with E-state index in [2.05, 4.69) is 0 Å². The molecular weight excluding hydrogens is 258 g/mol. The molecule has 1 heterocycles. The molecule has 1 saturated heterocycles. The Hall–Kier alpha value is -1.10. The van der Waals surface area contributed by atoms with E-state index in [9.17, 15) is 14.7 Å². The minimum absolute atomic E-state index is 0.0000926. The Morgan fingerprint density at radius 1 is 1.20 bits per heavy atom. The fourth-order valence-corrected chi connectivity index (χ4v) is 3.79. The number of carbonyl (C=O) groups excluding carboxylic acids is 1. The zero-order valence-corrected chi connectivity index (χ0v) is 12.1. The summed E-state index contributed by atoms with van der Waals surface area (Å²) in [5, 5.41) is 18.4. The summed E-state index contributed by atoms with van der Waals surface area (Å²) in [5.74, 6) is -1.45. The Kier molecular flexibility index (Phi) is 5.02. The molecule has 20 heavy (non-hydrogen) atoms. The smallest absolute Gasteiger partial charge is 0.307 e. The number of hydrogen-bond acceptors (Lipinski definition) is 3. The SMILES string of the molecule is CC1C[C@H](C(=O)N2CCCCC2CCO)[C@H](C(=O)O)C1. The number of nitrogens with zero attached hydrogens (tertiary/aromatic N) is 1. The first-order chi connectivity index (χ1) is 9.54. The molecule has 2 rings (SSSR count). The zero-order valence-electron chi connectivity index (χ0n) is 12.1. The van der Waals surface area contributed by atoms with E-state index in [0.29, 0.717) is 31.7 Å². The van der Waals surface area contributed by atoms with Gasteiger partial charge in [0.25, 0.3) is 0 Å². The molecule has 114 valence electrons. The van der Waals surface area contributed by atoms with Crippen LogP contribution in [0, 0.1) is 17.8 Å². The molecule has 5 nitrogen and oxygen atoms in total. The van der Waals surface area contributed by atoms with Crippen LogP contribution in [0.25, 0.3) is 0 Å². The van der Waals surface area contributed by atoms with Crippen molar-refractivity contribution in [3.8, 4) is 0 Å². The first-order valence-corrected chi connectivity index (χ1v) is 7.68. The molecule has 2 unspecified atom stereocenters. The van der Waals surface area contributed by atoms with Crippen molar-refractivity contribution in [3.63, 3.8) is 0 Å². The average Bonchev–Trinajstić information content (AvgIpc) is 2.81. The van der Waals surface area contributed by atoms with Gasteiger partial charge in [0.15, 0.2) is 0 Å². The molecule has 1 aliphatic carbocycles. The van der Waals surface area contributed by atoms with Gasteiger partial charge in [-0.25, -0.2) is 0 Å². The number of aliphatic hydroxyl groups is 1. The number of amides is 1. The van der Waals surface area contributed by atoms with Gasteiger partial charge in [-0.15, -0.1) is 0 Å². The van der Waals surface area contributed by atoms with Gasteiger partial charge in [-0.1, -0.05) is 6.92 Å². The van der Waals surface area contributed by atoms with Crippen molar-refractivity contribution in [3.05, 3.63) is 0 Å². The number of aliphatic carboxylic acids is 1. The summed E-state index contributed by atoms with van der Waals surface area (Å²) in [6.45, 7) is 2.81. The van der Waals surface area contributed by atoms with Gasteiger partial charge in [-0.3, -0.25) is 9.59 Å². The molecule has 2 fully saturated rings. The summed E-state index contributed by atoms with van der Waals surface area (Å²) in [7, 11) is 0. The van der Waals surface area contributed by atoms with Crippen molar-refractivity contribution in [2.45, 2.75) is 51.5 Å². The Labute approximate surface area is 120 Å². The third-order valence-corrected chi connectivity index (χ3v) is 4.81. The minimum Gasteiger partial charge on any atom is -0.481 e. The van der Waals surface area contributed by atoms with Crippen LogP contribution < -0.4 is 0 Å². The van der Waals surface area contributed by atoms with Crippen LogP contribution in [0.15, 0.2) is 0 Å². The van der Waals surface area contributed by atoms with E-state index in [0.717, 1.165) is 19.3 Å². The Bertz CT molecular complexity index is 369. The molecule has 0 radical (unpaired) electrons. The van der Waals surface area contributed by atoms with Crippen LogP contribution in [0.3, 0.4) is 0 Å². The lowest BCUT2D eigenvalue weighted by molar-refractivity contribution is -0.150. The minimum atomic E-state index is -0.844. The van der Waals surface area contributed by atoms with Crippen LogP contribution in [0.4, 0.5) is 0 Å². The number of carboxylic acid groups (broad SMARTS) is 1. The normalized spacial score (nSPS) is 34.2. The summed E-state index contributed by atoms with van der Waals surface area (Å²) in [5.41, 5.74) is 0. The molecule has 0 aromatic carbocycles. The molecule has 0 spiro atoms. The molecule has 0 aromatic rings. The average molecular weight is 283 g/mol. The number of hydrogen-bond donors (Lipinski definition) is 2. The van der Waals surface area contributed by atoms with E-state index in [1.54, 1.807) is 0 Å². The lowest BCUT2D eigenvalue weighted by Gasteiger charge is -2.37. The van der Waals surface area contributed by atoms with Gasteiger partial charge in [0.2, 0.25) is 5.91 Å². The monoisotopic (exact) mass is 283 g/mol. The van der Waals surface area contributed by atoms with Gasteiger partial charge < -0.3 is 15.1 Å². The second-order valence-electron chi connectivity index (χ2n) is 6.32. The molecule has 1 aliphatic heterocycles. The topological polar surface area (TPSA) is 77.8 Å². The van der Waals surface area contributed by atoms with Crippen LogP contribution in [0.5, 0.6) is 0 Å². The summed E-state index contributed by atoms with van der Waals surface area (Å²) < 4.78 is 0. The van der Waals surface area contributed by atoms with Gasteiger partial charge in [0, 0.05) is 19.2 Å². The van der Waals surface area contributed by atoms with Crippen LogP contribution >= 0.6 is 0 Å². The van der Waals surface area contributed by atoms with E-state index < -0.39 is 11.9 Å². The lowest BCUT2D eigenvalue weighted by atomic mass is 9.91. The highest BCUT2D eigenvalue weighted by Crippen LogP contribution is 2.38. The van der Waals surface area contributed by atoms with Crippen LogP contribution in [-0.4, -0.2) is 46.2 Å². The molecule has 0 bridgehead atoms. The molecule has 2 N–H and O–H groups in total. The summed E-state index contributed by atoms with van der Waals surface area (Å²) in [6.07, 6.45) is 4.87. The van der Waals surface area contributed by atoms with Crippen molar-refractivity contribution < 1.29 is 19.8 Å². The van der Waals surface area contributed by atoms with Crippen LogP contribution in [-0.2, 0) is 9.59 Å². The highest BCUT2D eigenvalue weighted by atomic mass is 16.4. The van der Waals surface area contributed by atoms with Crippen molar-refractivity contribution in [1.29, 1.82) is 0 Å². The maximum Gasteiger partial charge on any atom is 0.307 e. The standard InChI is InChI=1S/C15H25NO4/c1-10-8-12(13(9-10)15(19)20)14(18)16-6-3-2-4-11(16)5-7-17/h10-13,17H,2-9H2,1H3,(H,19,20)/t10?,11?,12-,13+/m0/s1. The van der Waals surface area contributed by atoms with E-state index in [1.165, 1.54) is 0 Å². The highest BCUT2D eigenvalue weighted by molar-refractivity contribution is 5.85. The number of rotatable bonds is 4. The Balaban J connectivity index is 2.09. The number of carbonyl (C=O) groups is 2. The molecule has 2 aliphatic rings. The third kappa shape index (κ3) is 3.14. The Morgan fingerprint density at radius 2 is 1.90 bits per heavy atom. The molecule has 1 saturated carbocycles. The van der Waals surface area contributed by atoms with Gasteiger partial charge >= 0.3 is 5.97 Å². The lowest BCUT2D eigenvalue weighted by Crippen LogP contribution is -2.48. The van der Waals surface area contributed by atoms with Gasteiger partial charge in [0.05, 0.1) is 11.8 Å². The molecule has 5 heteroatoms. The molecule has 0 aromatic heterocycles. The highest BCUT2D eigenvalue weighted by Gasteiger charge is 2.44. The number of aliphatic hydroxyl groups excluding tert-OH is 1. The third-order valence-electron chi connectivity index (χ3n) is 4.81. The fraction of sp³-hybridized carbons (Fsp3) is 0.867. The van der Waals surface area contributed by atoms with Crippen molar-refractivity contribution >= 4 is 11.9 Å². The van der Waals surface area contributed by atoms with E-state index in [-0.39, 0.29) is 24.5 Å². The first kappa shape index (κ1) is 15.3. The number of likely N-dealkylation sites (tertiary alicyclic amines) is 1. The van der Waals surface area contributed by atoms with Crippen LogP contribution in [0.2, 0.25) is 0 Å². The predicted octanol–water partition coefficient (Wildman–Crippen LogP) is 1.50. The van der Waals surface area contributed by atoms with Gasteiger partial charge in [-0.05, 0) is 44.4 Å². The first-order valence-electron chi connectivity index (χ1n) is 7.68. The summed E-state index contributed by atoms with van der Waals surface area (Å²) in [6, 6.07) is 0.0894. The van der Waals surface area contributed by atoms with E-state index >= 15 is 0 Å². The van der Waals surface area contributed by atoms with Crippen molar-refractivity contribution in [1.82, 2.24) is 4.90 Å². The van der Waals surface area contributed by atoms with Crippen LogP contribution in [0.1, 0.15) is 45.4 Å². The largest absolute Gasteiger partial charge is 0.481 e. The number of carboxylic acids is 1. The molecule has 1 amide bonds. The van der Waals surface area contributed by atoms with E-state index in [1.807, 2.05) is 11.8 Å². The Morgan fingerprint density at radius 3 is 2.55 bits per heavy atom. The second-order valence-corrected chi connectivity index (χ2v) is 6.32. The van der Waals surface area contributed by atoms with E-state index in [4.69, 9.17) is 5.11 Å². The maximum atomic E-state index is 12.7.